The number of hydrogen-bond acceptors (Lipinski definition) is 2. The Kier molecular flexibility index (Phi) is 3.68. The predicted octanol–water partition coefficient (Wildman–Crippen LogP) is 2.25. The number of nitrogens with zero attached hydrogens (tertiary/aromatic N) is 1. The van der Waals surface area contributed by atoms with E-state index in [1.807, 2.05) is 0 Å². The van der Waals surface area contributed by atoms with Gasteiger partial charge in [-0.3, -0.25) is 0 Å². The van der Waals surface area contributed by atoms with Crippen molar-refractivity contribution in [3.8, 4) is 0 Å². The lowest BCUT2D eigenvalue weighted by Gasteiger charge is -2.41. The predicted molar refractivity (Wildman–Crippen MR) is 65.1 cm³/mol. The van der Waals surface area contributed by atoms with Gasteiger partial charge >= 0.3 is 0 Å². The monoisotopic (exact) mass is 210 g/mol. The standard InChI is InChI=1S/C13H26N2/c1-10-9-15(3)11(2)8-13(10)14-12-6-4-5-7-12/h10-14H,4-9H2,1-3H3/t10-,11+,13-/m1/s1. The number of rotatable bonds is 2. The van der Waals surface area contributed by atoms with Gasteiger partial charge in [0.1, 0.15) is 0 Å². The van der Waals surface area contributed by atoms with Gasteiger partial charge in [0.15, 0.2) is 0 Å². The van der Waals surface area contributed by atoms with Crippen molar-refractivity contribution in [2.75, 3.05) is 13.6 Å². The number of piperidine rings is 1. The van der Waals surface area contributed by atoms with Gasteiger partial charge in [0.2, 0.25) is 0 Å². The van der Waals surface area contributed by atoms with Gasteiger partial charge < -0.3 is 10.2 Å². The molecule has 2 fully saturated rings. The molecule has 1 aliphatic heterocycles. The fourth-order valence-electron chi connectivity index (χ4n) is 3.17. The summed E-state index contributed by atoms with van der Waals surface area (Å²) in [5.74, 6) is 0.812. The van der Waals surface area contributed by atoms with Crippen LogP contribution in [-0.4, -0.2) is 36.6 Å². The summed E-state index contributed by atoms with van der Waals surface area (Å²) in [7, 11) is 2.26. The molecule has 2 nitrogen and oxygen atoms in total. The molecular formula is C13H26N2. The summed E-state index contributed by atoms with van der Waals surface area (Å²) in [6.07, 6.45) is 7.03. The van der Waals surface area contributed by atoms with Crippen LogP contribution in [0.25, 0.3) is 0 Å². The average Bonchev–Trinajstić information content (AvgIpc) is 2.67. The Morgan fingerprint density at radius 1 is 1.13 bits per heavy atom. The van der Waals surface area contributed by atoms with Crippen LogP contribution in [0, 0.1) is 5.92 Å². The summed E-state index contributed by atoms with van der Waals surface area (Å²) in [6, 6.07) is 2.34. The lowest BCUT2D eigenvalue weighted by molar-refractivity contribution is 0.116. The second kappa shape index (κ2) is 4.84. The van der Waals surface area contributed by atoms with Crippen molar-refractivity contribution in [3.05, 3.63) is 0 Å². The highest BCUT2D eigenvalue weighted by molar-refractivity contribution is 4.89. The molecule has 0 amide bonds. The Labute approximate surface area is 94.4 Å². The van der Waals surface area contributed by atoms with E-state index in [9.17, 15) is 0 Å². The SMILES string of the molecule is C[C@@H]1CN(C)[C@@H](C)C[C@H]1NC1CCCC1. The van der Waals surface area contributed by atoms with Gasteiger partial charge in [-0.1, -0.05) is 19.8 Å². The first-order valence-electron chi connectivity index (χ1n) is 6.63. The number of nitrogens with one attached hydrogen (secondary N) is 1. The highest BCUT2D eigenvalue weighted by Crippen LogP contribution is 2.24. The van der Waals surface area contributed by atoms with Crippen molar-refractivity contribution in [1.29, 1.82) is 0 Å². The first-order valence-corrected chi connectivity index (χ1v) is 6.63. The molecule has 0 aromatic carbocycles. The molecule has 3 atom stereocenters. The molecule has 0 radical (unpaired) electrons. The summed E-state index contributed by atoms with van der Waals surface area (Å²) < 4.78 is 0. The molecule has 15 heavy (non-hydrogen) atoms. The first-order chi connectivity index (χ1) is 7.16. The van der Waals surface area contributed by atoms with Crippen LogP contribution in [0.1, 0.15) is 46.0 Å². The zero-order valence-electron chi connectivity index (χ0n) is 10.5. The minimum absolute atomic E-state index is 0.750. The number of hydrogen-bond donors (Lipinski definition) is 1. The highest BCUT2D eigenvalue weighted by Gasteiger charge is 2.30. The zero-order valence-corrected chi connectivity index (χ0v) is 10.5. The van der Waals surface area contributed by atoms with Crippen LogP contribution in [0.3, 0.4) is 0 Å². The second-order valence-electron chi connectivity index (χ2n) is 5.76. The molecule has 1 N–H and O–H groups in total. The molecule has 2 aliphatic rings. The van der Waals surface area contributed by atoms with Gasteiger partial charge in [-0.2, -0.15) is 0 Å². The maximum Gasteiger partial charge on any atom is 0.0122 e. The van der Waals surface area contributed by atoms with Crippen molar-refractivity contribution >= 4 is 0 Å². The summed E-state index contributed by atoms with van der Waals surface area (Å²) in [5, 5.41) is 3.89. The van der Waals surface area contributed by atoms with Crippen molar-refractivity contribution in [1.82, 2.24) is 10.2 Å². The number of likely N-dealkylation sites (tertiary alicyclic amines) is 1. The third kappa shape index (κ3) is 2.73. The molecule has 0 bridgehead atoms. The highest BCUT2D eigenvalue weighted by atomic mass is 15.2. The maximum atomic E-state index is 3.89. The lowest BCUT2D eigenvalue weighted by atomic mass is 9.89. The molecular weight excluding hydrogens is 184 g/mol. The fraction of sp³-hybridized carbons (Fsp3) is 1.00. The van der Waals surface area contributed by atoms with E-state index in [0.29, 0.717) is 0 Å². The maximum absolute atomic E-state index is 3.89. The second-order valence-corrected chi connectivity index (χ2v) is 5.76. The van der Waals surface area contributed by atoms with Gasteiger partial charge in [0, 0.05) is 24.7 Å². The smallest absolute Gasteiger partial charge is 0.0122 e. The minimum atomic E-state index is 0.750. The normalized spacial score (nSPS) is 39.8. The molecule has 1 saturated carbocycles. The average molecular weight is 210 g/mol. The molecule has 2 heteroatoms. The van der Waals surface area contributed by atoms with Crippen molar-refractivity contribution in [2.24, 2.45) is 5.92 Å². The van der Waals surface area contributed by atoms with Gasteiger partial charge in [0.05, 0.1) is 0 Å². The van der Waals surface area contributed by atoms with E-state index < -0.39 is 0 Å². The third-order valence-corrected chi connectivity index (χ3v) is 4.42. The van der Waals surface area contributed by atoms with Gasteiger partial charge in [-0.15, -0.1) is 0 Å². The topological polar surface area (TPSA) is 15.3 Å². The molecule has 88 valence electrons. The molecule has 1 aliphatic carbocycles. The Morgan fingerprint density at radius 3 is 2.47 bits per heavy atom. The molecule has 0 aromatic heterocycles. The van der Waals surface area contributed by atoms with Crippen LogP contribution in [0.2, 0.25) is 0 Å². The van der Waals surface area contributed by atoms with E-state index in [-0.39, 0.29) is 0 Å². The molecule has 1 saturated heterocycles. The van der Waals surface area contributed by atoms with Crippen molar-refractivity contribution in [3.63, 3.8) is 0 Å². The van der Waals surface area contributed by atoms with E-state index in [4.69, 9.17) is 0 Å². The van der Waals surface area contributed by atoms with E-state index in [1.165, 1.54) is 38.6 Å². The van der Waals surface area contributed by atoms with Crippen LogP contribution in [-0.2, 0) is 0 Å². The largest absolute Gasteiger partial charge is 0.311 e. The van der Waals surface area contributed by atoms with Gasteiger partial charge in [-0.25, -0.2) is 0 Å². The minimum Gasteiger partial charge on any atom is -0.311 e. The summed E-state index contributed by atoms with van der Waals surface area (Å²) in [5.41, 5.74) is 0. The summed E-state index contributed by atoms with van der Waals surface area (Å²) >= 11 is 0. The van der Waals surface area contributed by atoms with Crippen LogP contribution in [0.15, 0.2) is 0 Å². The summed E-state index contributed by atoms with van der Waals surface area (Å²) in [6.45, 7) is 6.01. The molecule has 0 spiro atoms. The zero-order chi connectivity index (χ0) is 10.8. The van der Waals surface area contributed by atoms with Crippen LogP contribution < -0.4 is 5.32 Å². The van der Waals surface area contributed by atoms with Crippen molar-refractivity contribution in [2.45, 2.75) is 64.1 Å². The van der Waals surface area contributed by atoms with Gasteiger partial charge in [0.25, 0.3) is 0 Å². The Morgan fingerprint density at radius 2 is 1.80 bits per heavy atom. The van der Waals surface area contributed by atoms with E-state index in [2.05, 4.69) is 31.1 Å². The molecule has 0 aromatic rings. The first kappa shape index (κ1) is 11.4. The van der Waals surface area contributed by atoms with Crippen LogP contribution >= 0.6 is 0 Å². The van der Waals surface area contributed by atoms with Crippen LogP contribution in [0.4, 0.5) is 0 Å². The lowest BCUT2D eigenvalue weighted by Crippen LogP contribution is -2.52. The Bertz CT molecular complexity index is 199. The third-order valence-electron chi connectivity index (χ3n) is 4.42. The quantitative estimate of drug-likeness (QED) is 0.752. The molecule has 1 heterocycles. The van der Waals surface area contributed by atoms with Crippen LogP contribution in [0.5, 0.6) is 0 Å². The van der Waals surface area contributed by atoms with Gasteiger partial charge in [-0.05, 0) is 39.2 Å². The molecule has 0 unspecified atom stereocenters. The Hall–Kier alpha value is -0.0800. The Balaban J connectivity index is 1.85. The van der Waals surface area contributed by atoms with E-state index >= 15 is 0 Å². The van der Waals surface area contributed by atoms with E-state index in [0.717, 1.165) is 24.0 Å². The van der Waals surface area contributed by atoms with E-state index in [1.54, 1.807) is 0 Å². The summed E-state index contributed by atoms with van der Waals surface area (Å²) in [4.78, 5) is 2.50. The molecule has 2 rings (SSSR count). The van der Waals surface area contributed by atoms with Crippen molar-refractivity contribution < 1.29 is 0 Å². The fourth-order valence-corrected chi connectivity index (χ4v) is 3.17.